The topological polar surface area (TPSA) is 166 Å². The van der Waals surface area contributed by atoms with Crippen LogP contribution in [0.15, 0.2) is 94.5 Å². The largest absolute Gasteiger partial charge is 0.396 e. The van der Waals surface area contributed by atoms with E-state index in [0.29, 0.717) is 50.4 Å². The molecule has 0 radical (unpaired) electrons. The van der Waals surface area contributed by atoms with E-state index in [0.717, 1.165) is 35.4 Å². The standard InChI is InChI=1S/2C27H31N3O4/c2*1-3-7-18-10-11-22-24-20(15-29(22)26(18)33)21(16-31)25(30(24)23(32)4-2)27(34)28-13-12-17-8-5-6-9-19(17)14-28/h2*3,5-11,20-21,24-25,31H,4,12-16H2,1-2H3/b7-3+;7-3-/t2*20-,21-,24+,25-/m00/s1. The molecule has 2 saturated heterocycles. The summed E-state index contributed by atoms with van der Waals surface area (Å²) in [5, 5.41) is 20.9. The molecule has 2 fully saturated rings. The monoisotopic (exact) mass is 922 g/mol. The number of carbonyl (C=O) groups excluding carboxylic acids is 4. The minimum absolute atomic E-state index is 0.0962. The van der Waals surface area contributed by atoms with Gasteiger partial charge in [-0.05, 0) is 73.2 Å². The van der Waals surface area contributed by atoms with Crippen molar-refractivity contribution >= 4 is 35.8 Å². The lowest BCUT2D eigenvalue weighted by Gasteiger charge is -2.36. The van der Waals surface area contributed by atoms with Crippen LogP contribution >= 0.6 is 0 Å². The van der Waals surface area contributed by atoms with Crippen molar-refractivity contribution in [2.45, 2.75) is 104 Å². The lowest BCUT2D eigenvalue weighted by Crippen LogP contribution is -2.52. The normalized spacial score (nSPS) is 25.4. The third kappa shape index (κ3) is 7.84. The van der Waals surface area contributed by atoms with Crippen molar-refractivity contribution in [3.63, 3.8) is 0 Å². The van der Waals surface area contributed by atoms with Gasteiger partial charge in [-0.1, -0.05) is 86.7 Å². The molecule has 10 rings (SSSR count). The van der Waals surface area contributed by atoms with Crippen molar-refractivity contribution in [2.75, 3.05) is 26.3 Å². The zero-order chi connectivity index (χ0) is 48.0. The van der Waals surface area contributed by atoms with Gasteiger partial charge in [-0.2, -0.15) is 0 Å². The molecule has 2 aromatic carbocycles. The first-order chi connectivity index (χ1) is 33.0. The number of hydrogen-bond donors (Lipinski definition) is 2. The summed E-state index contributed by atoms with van der Waals surface area (Å²) in [7, 11) is 0. The highest BCUT2D eigenvalue weighted by Crippen LogP contribution is 2.51. The van der Waals surface area contributed by atoms with Crippen LogP contribution in [0.2, 0.25) is 0 Å². The van der Waals surface area contributed by atoms with Crippen LogP contribution in [0, 0.1) is 23.7 Å². The molecule has 0 saturated carbocycles. The smallest absolute Gasteiger partial charge is 0.258 e. The Morgan fingerprint density at radius 3 is 1.31 bits per heavy atom. The highest BCUT2D eigenvalue weighted by atomic mass is 16.3. The summed E-state index contributed by atoms with van der Waals surface area (Å²) in [6.45, 7) is 9.90. The van der Waals surface area contributed by atoms with Gasteiger partial charge in [0.05, 0.1) is 12.1 Å². The minimum atomic E-state index is -0.725. The van der Waals surface area contributed by atoms with E-state index >= 15 is 0 Å². The van der Waals surface area contributed by atoms with E-state index < -0.39 is 23.9 Å². The van der Waals surface area contributed by atoms with Crippen molar-refractivity contribution in [1.82, 2.24) is 28.7 Å². The Morgan fingerprint density at radius 1 is 0.574 bits per heavy atom. The van der Waals surface area contributed by atoms with Gasteiger partial charge in [0.2, 0.25) is 23.6 Å². The van der Waals surface area contributed by atoms with Crippen LogP contribution in [-0.4, -0.2) is 101 Å². The van der Waals surface area contributed by atoms with Crippen LogP contribution < -0.4 is 11.1 Å². The second-order valence-corrected chi connectivity index (χ2v) is 18.9. The molecule has 356 valence electrons. The fourth-order valence-corrected chi connectivity index (χ4v) is 12.3. The number of aromatic nitrogens is 2. The number of benzene rings is 2. The lowest BCUT2D eigenvalue weighted by molar-refractivity contribution is -0.147. The number of fused-ring (bicyclic) bond motifs is 8. The van der Waals surface area contributed by atoms with Crippen molar-refractivity contribution in [3.05, 3.63) is 150 Å². The summed E-state index contributed by atoms with van der Waals surface area (Å²) in [6.07, 6.45) is 9.29. The molecule has 0 spiro atoms. The molecule has 2 aromatic heterocycles. The summed E-state index contributed by atoms with van der Waals surface area (Å²) in [4.78, 5) is 87.5. The van der Waals surface area contributed by atoms with Gasteiger partial charge in [0, 0.05) is 112 Å². The Bertz CT molecular complexity index is 2620. The molecule has 8 heterocycles. The van der Waals surface area contributed by atoms with Gasteiger partial charge < -0.3 is 38.9 Å². The molecular weight excluding hydrogens is 861 g/mol. The molecule has 0 aliphatic carbocycles. The SMILES string of the molecule is C/C=C/c1ccc2n(c1=O)C[C@H]1[C@H](CO)[C@@H](C(=O)N3CCc4ccccc4C3)N(C(=O)CC)[C@@H]21.C/C=C\c1ccc2n(c1=O)C[C@H]1[C@H](CO)[C@@H](C(=O)N3CCc4ccccc4C3)N(C(=O)CC)[C@@H]21. The number of allylic oxidation sites excluding steroid dienone is 2. The van der Waals surface area contributed by atoms with E-state index in [2.05, 4.69) is 12.1 Å². The summed E-state index contributed by atoms with van der Waals surface area (Å²) in [5.41, 5.74) is 7.26. The third-order valence-corrected chi connectivity index (χ3v) is 15.5. The van der Waals surface area contributed by atoms with Crippen molar-refractivity contribution in [3.8, 4) is 0 Å². The van der Waals surface area contributed by atoms with E-state index in [1.54, 1.807) is 57.1 Å². The molecule has 14 heteroatoms. The fraction of sp³-hybridized carbons (Fsp3) is 0.444. The molecule has 6 aliphatic heterocycles. The van der Waals surface area contributed by atoms with Crippen LogP contribution in [0.4, 0.5) is 0 Å². The average Bonchev–Trinajstić information content (AvgIpc) is 4.11. The van der Waals surface area contributed by atoms with Crippen LogP contribution in [0.5, 0.6) is 0 Å². The highest BCUT2D eigenvalue weighted by Gasteiger charge is 2.59. The van der Waals surface area contributed by atoms with Crippen molar-refractivity contribution in [2.24, 2.45) is 23.7 Å². The summed E-state index contributed by atoms with van der Waals surface area (Å²) < 4.78 is 3.45. The number of likely N-dealkylation sites (tertiary alicyclic amines) is 2. The molecule has 4 aromatic rings. The molecule has 14 nitrogen and oxygen atoms in total. The zero-order valence-electron chi connectivity index (χ0n) is 39.4. The maximum atomic E-state index is 13.9. The first-order valence-electron chi connectivity index (χ1n) is 24.3. The molecule has 0 unspecified atom stereocenters. The van der Waals surface area contributed by atoms with E-state index in [1.807, 2.05) is 84.3 Å². The van der Waals surface area contributed by atoms with Crippen LogP contribution in [0.25, 0.3) is 12.2 Å². The van der Waals surface area contributed by atoms with E-state index in [1.165, 1.54) is 11.1 Å². The van der Waals surface area contributed by atoms with Crippen LogP contribution in [0.1, 0.15) is 97.4 Å². The predicted octanol–water partition coefficient (Wildman–Crippen LogP) is 4.73. The summed E-state index contributed by atoms with van der Waals surface area (Å²) >= 11 is 0. The molecule has 4 amide bonds. The number of rotatable bonds is 8. The average molecular weight is 923 g/mol. The Kier molecular flexibility index (Phi) is 13.3. The number of aliphatic hydroxyl groups is 2. The molecule has 6 aliphatic rings. The molecule has 68 heavy (non-hydrogen) atoms. The van der Waals surface area contributed by atoms with Gasteiger partial charge in [0.25, 0.3) is 11.1 Å². The quantitative estimate of drug-likeness (QED) is 0.256. The predicted molar refractivity (Wildman–Crippen MR) is 257 cm³/mol. The van der Waals surface area contributed by atoms with Gasteiger partial charge in [0.1, 0.15) is 12.1 Å². The first kappa shape index (κ1) is 46.7. The second kappa shape index (κ2) is 19.3. The number of amides is 4. The lowest BCUT2D eigenvalue weighted by atomic mass is 9.87. The van der Waals surface area contributed by atoms with E-state index in [4.69, 9.17) is 0 Å². The maximum absolute atomic E-state index is 13.9. The second-order valence-electron chi connectivity index (χ2n) is 18.9. The van der Waals surface area contributed by atoms with Gasteiger partial charge in [0.15, 0.2) is 0 Å². The number of hydrogen-bond acceptors (Lipinski definition) is 8. The molecule has 0 bridgehead atoms. The van der Waals surface area contributed by atoms with Crippen LogP contribution in [-0.2, 0) is 58.2 Å². The van der Waals surface area contributed by atoms with Crippen LogP contribution in [0.3, 0.4) is 0 Å². The van der Waals surface area contributed by atoms with Gasteiger partial charge in [-0.3, -0.25) is 28.8 Å². The summed E-state index contributed by atoms with van der Waals surface area (Å²) in [5.74, 6) is -1.67. The van der Waals surface area contributed by atoms with E-state index in [-0.39, 0.29) is 84.7 Å². The highest BCUT2D eigenvalue weighted by molar-refractivity contribution is 5.90. The molecule has 2 N–H and O–H groups in total. The van der Waals surface area contributed by atoms with Gasteiger partial charge in [-0.15, -0.1) is 0 Å². The summed E-state index contributed by atoms with van der Waals surface area (Å²) in [6, 6.07) is 21.4. The molecule has 8 atom stereocenters. The number of nitrogens with zero attached hydrogens (tertiary/aromatic N) is 6. The van der Waals surface area contributed by atoms with Crippen molar-refractivity contribution < 1.29 is 29.4 Å². The fourth-order valence-electron chi connectivity index (χ4n) is 12.3. The Morgan fingerprint density at radius 2 is 0.956 bits per heavy atom. The zero-order valence-corrected chi connectivity index (χ0v) is 39.4. The number of aliphatic hydroxyl groups excluding tert-OH is 2. The number of pyridine rings is 2. The first-order valence-corrected chi connectivity index (χ1v) is 24.3. The maximum Gasteiger partial charge on any atom is 0.258 e. The van der Waals surface area contributed by atoms with Gasteiger partial charge in [-0.25, -0.2) is 0 Å². The number of carbonyl (C=O) groups is 4. The Hall–Kier alpha value is -6.38. The van der Waals surface area contributed by atoms with Gasteiger partial charge >= 0.3 is 0 Å². The van der Waals surface area contributed by atoms with Crippen molar-refractivity contribution in [1.29, 1.82) is 0 Å². The Labute approximate surface area is 396 Å². The molecular formula is C54H62N6O8. The third-order valence-electron chi connectivity index (χ3n) is 15.5. The minimum Gasteiger partial charge on any atom is -0.396 e. The van der Waals surface area contributed by atoms with E-state index in [9.17, 15) is 39.0 Å². The Balaban J connectivity index is 0.000000170.